The molecular weight excluding hydrogens is 1880 g/mol. The van der Waals surface area contributed by atoms with Gasteiger partial charge in [0, 0.05) is 224 Å². The highest BCUT2D eigenvalue weighted by Crippen LogP contribution is 2.47. The first-order valence-electron chi connectivity index (χ1n) is 43.7. The minimum atomic E-state index is -0.931. The van der Waals surface area contributed by atoms with E-state index in [1.807, 2.05) is 137 Å². The monoisotopic (exact) mass is 1980 g/mol. The minimum Gasteiger partial charge on any atom is -0.456 e. The Morgan fingerprint density at radius 3 is 1.13 bits per heavy atom. The standard InChI is InChI=1S/C26H27N3O5S2.C26H25N3O4S2.C24H23N3O5S2.C23H20N4O2S2/c1-14-23(26(31)28(2)3)16-7-6-15(10-21(16)35-14)34-18-8-9-27-17-11-22(36-24(17)18)25(30)29-12-19(32-4)20(13-29)33-5;1-14-23(25(31)28-15-4-5-15)18-7-6-17(11-21(18)34-14)33-20-8-9-27-19-12-22(35-24(19)20)26(32)29-10-2-3-16(29)13-30;1-12-21(24(31)26(2)3)14-5-4-13(8-19(14)33-12)32-18-6-7-25-15-9-20(34-22(15)18)23(30)27-10-16(28)17(29)11-27;1-13-20(23(28)26(2)3)15-6-5-14(11-18(15)30-13)29-17-7-8-24-16-12-19(31-21(16)17)22-25-9-10-27(22)4/h6-11,19-20H,12-13H2,1-5H3;6-9,11-12,15-16,30H,2-5,10,13H2,1H3,(H,28,31);4-9,16-17,28-29H,10-11H2,1-3H3;5-12H,1-4H3/t19-,20+;16-;16-,17+;/m.0../s1. The number of rotatable bonds is 20. The quantitative estimate of drug-likeness (QED) is 0.0551. The zero-order chi connectivity index (χ0) is 95.5. The molecule has 1 saturated carbocycles. The Hall–Kier alpha value is -12.3. The van der Waals surface area contributed by atoms with Crippen LogP contribution in [0.25, 0.3) is 91.9 Å². The number of fused-ring (bicyclic) bond motifs is 8. The molecule has 4 fully saturated rings. The van der Waals surface area contributed by atoms with Crippen LogP contribution in [0, 0.1) is 27.7 Å². The van der Waals surface area contributed by atoms with Gasteiger partial charge in [0.2, 0.25) is 0 Å². The van der Waals surface area contributed by atoms with Crippen LogP contribution >= 0.6 is 90.7 Å². The van der Waals surface area contributed by atoms with Gasteiger partial charge in [-0.25, -0.2) is 4.98 Å². The Morgan fingerprint density at radius 1 is 0.426 bits per heavy atom. The van der Waals surface area contributed by atoms with Gasteiger partial charge < -0.3 is 83.0 Å². The van der Waals surface area contributed by atoms with E-state index in [0.29, 0.717) is 96.9 Å². The van der Waals surface area contributed by atoms with Gasteiger partial charge in [-0.3, -0.25) is 53.5 Å². The lowest BCUT2D eigenvalue weighted by atomic mass is 10.1. The molecule has 0 spiro atoms. The van der Waals surface area contributed by atoms with E-state index < -0.39 is 12.2 Å². The van der Waals surface area contributed by atoms with Crippen LogP contribution in [0.1, 0.15) is 116 Å². The summed E-state index contributed by atoms with van der Waals surface area (Å²) in [6.07, 6.45) is 12.2. The van der Waals surface area contributed by atoms with Gasteiger partial charge in [0.1, 0.15) is 64.0 Å². The molecule has 4 N–H and O–H groups in total. The fraction of sp³-hybridized carbons (Fsp3) is 0.293. The highest BCUT2D eigenvalue weighted by atomic mass is 32.1. The predicted octanol–water partition coefficient (Wildman–Crippen LogP) is 19.1. The van der Waals surface area contributed by atoms with Crippen molar-refractivity contribution in [3.8, 4) is 56.7 Å². The Morgan fingerprint density at radius 2 is 0.779 bits per heavy atom. The third-order valence-electron chi connectivity index (χ3n) is 23.9. The molecule has 13 aromatic heterocycles. The third kappa shape index (κ3) is 19.1. The molecule has 0 unspecified atom stereocenters. The number of thiophene rings is 8. The lowest BCUT2D eigenvalue weighted by molar-refractivity contribution is -0.00461. The van der Waals surface area contributed by atoms with Gasteiger partial charge in [0.15, 0.2) is 0 Å². The number of nitrogens with one attached hydrogen (secondary N) is 1. The van der Waals surface area contributed by atoms with E-state index in [0.717, 1.165) is 149 Å². The summed E-state index contributed by atoms with van der Waals surface area (Å²) in [5.41, 5.74) is 5.89. The van der Waals surface area contributed by atoms with Crippen LogP contribution in [0.3, 0.4) is 0 Å². The van der Waals surface area contributed by atoms with Crippen molar-refractivity contribution in [1.82, 2.24) is 64.2 Å². The molecule has 37 heteroatoms. The van der Waals surface area contributed by atoms with E-state index in [4.69, 9.17) is 28.4 Å². The maximum Gasteiger partial charge on any atom is 0.264 e. The van der Waals surface area contributed by atoms with Gasteiger partial charge in [0.25, 0.3) is 41.4 Å². The van der Waals surface area contributed by atoms with Crippen LogP contribution in [0.4, 0.5) is 0 Å². The Bertz CT molecular complexity index is 7520. The van der Waals surface area contributed by atoms with Crippen LogP contribution in [-0.2, 0) is 16.5 Å². The number of aliphatic hydroxyl groups is 3. The predicted molar refractivity (Wildman–Crippen MR) is 538 cm³/mol. The maximum atomic E-state index is 13.2. The molecular formula is C99H95N13O16S8. The van der Waals surface area contributed by atoms with Crippen LogP contribution < -0.4 is 24.3 Å². The summed E-state index contributed by atoms with van der Waals surface area (Å²) in [4.78, 5) is 128. The summed E-state index contributed by atoms with van der Waals surface area (Å²) < 4.78 is 45.2. The number of nitrogens with zero attached hydrogens (tertiary/aromatic N) is 12. The first-order chi connectivity index (χ1) is 65.5. The molecule has 136 heavy (non-hydrogen) atoms. The highest BCUT2D eigenvalue weighted by Gasteiger charge is 2.39. The number of methoxy groups -OCH3 is 2. The molecule has 4 aliphatic rings. The number of pyridine rings is 4. The van der Waals surface area contributed by atoms with E-state index in [1.165, 1.54) is 38.9 Å². The van der Waals surface area contributed by atoms with Crippen LogP contribution in [0.15, 0.2) is 159 Å². The molecule has 29 nitrogen and oxygen atoms in total. The lowest BCUT2D eigenvalue weighted by Crippen LogP contribution is -2.37. The van der Waals surface area contributed by atoms with Gasteiger partial charge in [-0.15, -0.1) is 90.7 Å². The number of hydrogen-bond acceptors (Lipinski definition) is 29. The fourth-order valence-electron chi connectivity index (χ4n) is 16.8. The first kappa shape index (κ1) is 94.0. The van der Waals surface area contributed by atoms with Gasteiger partial charge in [-0.1, -0.05) is 0 Å². The Kier molecular flexibility index (Phi) is 27.2. The normalized spacial score (nSPS) is 16.4. The average Bonchev–Trinajstić information content (AvgIpc) is 1.64. The van der Waals surface area contributed by atoms with Gasteiger partial charge in [-0.05, 0) is 150 Å². The second kappa shape index (κ2) is 39.4. The van der Waals surface area contributed by atoms with E-state index in [-0.39, 0.29) is 79.3 Å². The van der Waals surface area contributed by atoms with Crippen molar-refractivity contribution >= 4 is 213 Å². The molecule has 17 aromatic rings. The first-order valence-corrected chi connectivity index (χ1v) is 50.2. The molecule has 0 radical (unpaired) electrons. The van der Waals surface area contributed by atoms with Crippen molar-refractivity contribution < 1.29 is 77.3 Å². The average molecular weight is 1980 g/mol. The smallest absolute Gasteiger partial charge is 0.264 e. The Balaban J connectivity index is 0.000000121. The number of hydrogen-bond donors (Lipinski definition) is 4. The summed E-state index contributed by atoms with van der Waals surface area (Å²) >= 11 is 11.9. The van der Waals surface area contributed by atoms with E-state index >= 15 is 0 Å². The SMILES string of the molecule is CO[C@H]1CN(C(=O)c2cc3nccc(Oc4ccc5c(C(=O)N(C)C)c(C)sc5c4)c3s2)C[C@H]1OC.Cc1sc2cc(Oc3ccnc4cc(-c5nccn5C)sc34)ccc2c1C(=O)N(C)C.Cc1sc2cc(Oc3ccnc4cc(C(=O)N5CCC[C@H]5CO)sc34)ccc2c1C(=O)NC1CC1.Cc1sc2cc(Oc3ccnc4cc(C(=O)N5C[C@@H](O)[C@@H](O)C5)sc34)ccc2c1C(=O)N(C)C. The zero-order valence-electron chi connectivity index (χ0n) is 76.3. The number of benzene rings is 4. The maximum absolute atomic E-state index is 13.2. The van der Waals surface area contributed by atoms with E-state index in [1.54, 1.807) is 199 Å². The largest absolute Gasteiger partial charge is 0.456 e. The number of aliphatic hydroxyl groups excluding tert-OH is 3. The topological polar surface area (TPSA) is 336 Å². The number of ether oxygens (including phenoxy) is 6. The van der Waals surface area contributed by atoms with E-state index in [2.05, 4.69) is 30.2 Å². The van der Waals surface area contributed by atoms with Crippen molar-refractivity contribution in [2.75, 3.05) is 95.8 Å². The van der Waals surface area contributed by atoms with Crippen molar-refractivity contribution in [2.45, 2.75) is 89.9 Å². The number of amides is 7. The highest BCUT2D eigenvalue weighted by molar-refractivity contribution is 7.23. The molecule has 700 valence electrons. The van der Waals surface area contributed by atoms with Gasteiger partial charge >= 0.3 is 0 Å². The molecule has 0 bridgehead atoms. The number of aromatic nitrogens is 6. The second-order valence-electron chi connectivity index (χ2n) is 34.0. The third-order valence-corrected chi connectivity index (χ3v) is 32.7. The van der Waals surface area contributed by atoms with Crippen molar-refractivity contribution in [3.63, 3.8) is 0 Å². The van der Waals surface area contributed by atoms with Crippen LogP contribution in [-0.4, -0.2) is 248 Å². The van der Waals surface area contributed by atoms with Crippen molar-refractivity contribution in [3.05, 3.63) is 215 Å². The summed E-state index contributed by atoms with van der Waals surface area (Å²) in [5.74, 6) is 5.79. The minimum absolute atomic E-state index is 0.00187. The fourth-order valence-corrected chi connectivity index (χ4v) is 25.4. The number of imidazole rings is 1. The van der Waals surface area contributed by atoms with E-state index in [9.17, 15) is 48.9 Å². The number of aryl methyl sites for hydroxylation is 5. The summed E-state index contributed by atoms with van der Waals surface area (Å²) in [6, 6.07) is 37.9. The molecule has 21 rings (SSSR count). The summed E-state index contributed by atoms with van der Waals surface area (Å²) in [5, 5.41) is 35.9. The van der Waals surface area contributed by atoms with Crippen LogP contribution in [0.5, 0.6) is 46.0 Å². The van der Waals surface area contributed by atoms with Crippen molar-refractivity contribution in [1.29, 1.82) is 0 Å². The summed E-state index contributed by atoms with van der Waals surface area (Å²) in [7, 11) is 15.8. The number of likely N-dealkylation sites (tertiary alicyclic amines) is 3. The second-order valence-corrected chi connectivity index (χ2v) is 43.2. The number of β-amino-alcohol motifs (C(OH)–C–C–N with tert-alkyl or cyclic N) is 2. The van der Waals surface area contributed by atoms with Gasteiger partial charge in [0.05, 0.1) is 107 Å². The van der Waals surface area contributed by atoms with Gasteiger partial charge in [-0.2, -0.15) is 0 Å². The molecule has 16 heterocycles. The van der Waals surface area contributed by atoms with Crippen LogP contribution in [0.2, 0.25) is 0 Å². The number of carbonyl (C=O) groups is 7. The number of carbonyl (C=O) groups excluding carboxylic acids is 7. The zero-order valence-corrected chi connectivity index (χ0v) is 82.9. The molecule has 5 atom stereocenters. The molecule has 1 aliphatic carbocycles. The Labute approximate surface area is 812 Å². The summed E-state index contributed by atoms with van der Waals surface area (Å²) in [6.45, 7) is 9.68. The lowest BCUT2D eigenvalue weighted by Gasteiger charge is -2.22. The molecule has 3 aliphatic heterocycles. The van der Waals surface area contributed by atoms with Crippen molar-refractivity contribution in [2.24, 2.45) is 7.05 Å². The molecule has 4 aromatic carbocycles. The molecule has 7 amide bonds. The molecule has 3 saturated heterocycles.